The van der Waals surface area contributed by atoms with Gasteiger partial charge in [-0.15, -0.1) is 17.9 Å². The van der Waals surface area contributed by atoms with Gasteiger partial charge in [-0.1, -0.05) is 41.4 Å². The molecule has 8 heteroatoms. The molecule has 0 spiro atoms. The van der Waals surface area contributed by atoms with Crippen molar-refractivity contribution in [3.63, 3.8) is 0 Å². The highest BCUT2D eigenvalue weighted by molar-refractivity contribution is 7.10. The van der Waals surface area contributed by atoms with Crippen LogP contribution in [0.3, 0.4) is 0 Å². The maximum Gasteiger partial charge on any atom is 0.261 e. The van der Waals surface area contributed by atoms with Crippen LogP contribution in [0.4, 0.5) is 0 Å². The smallest absolute Gasteiger partial charge is 0.261 e. The number of amides is 2. The predicted molar refractivity (Wildman–Crippen MR) is 137 cm³/mol. The first-order valence-corrected chi connectivity index (χ1v) is 12.5. The summed E-state index contributed by atoms with van der Waals surface area (Å²) in [5, 5.41) is 3.29. The van der Waals surface area contributed by atoms with Crippen molar-refractivity contribution in [3.05, 3.63) is 98.7 Å². The van der Waals surface area contributed by atoms with E-state index >= 15 is 0 Å². The van der Waals surface area contributed by atoms with Crippen molar-refractivity contribution in [1.29, 1.82) is 0 Å². The minimum atomic E-state index is -0.292. The normalized spacial score (nSPS) is 14.9. The van der Waals surface area contributed by atoms with E-state index in [1.54, 1.807) is 41.7 Å². The first kappa shape index (κ1) is 24.3. The van der Waals surface area contributed by atoms with Gasteiger partial charge in [0.15, 0.2) is 6.61 Å². The van der Waals surface area contributed by atoms with Crippen molar-refractivity contribution in [2.24, 2.45) is 0 Å². The van der Waals surface area contributed by atoms with Crippen LogP contribution in [-0.2, 0) is 16.0 Å². The molecule has 0 saturated carbocycles. The van der Waals surface area contributed by atoms with Crippen LogP contribution < -0.4 is 4.74 Å². The number of carbonyl (C=O) groups is 2. The summed E-state index contributed by atoms with van der Waals surface area (Å²) < 4.78 is 5.59. The summed E-state index contributed by atoms with van der Waals surface area (Å²) in [5.41, 5.74) is 2.12. The maximum absolute atomic E-state index is 13.5. The van der Waals surface area contributed by atoms with Crippen LogP contribution >= 0.6 is 34.5 Å². The molecule has 1 aromatic heterocycles. The molecule has 4 rings (SSSR count). The van der Waals surface area contributed by atoms with Crippen molar-refractivity contribution in [2.75, 3.05) is 26.2 Å². The lowest BCUT2D eigenvalue weighted by Gasteiger charge is -2.37. The van der Waals surface area contributed by atoms with Gasteiger partial charge in [-0.3, -0.25) is 9.59 Å². The summed E-state index contributed by atoms with van der Waals surface area (Å²) in [5.74, 6) is 0.115. The lowest BCUT2D eigenvalue weighted by Crippen LogP contribution is -2.47. The molecule has 0 aliphatic carbocycles. The van der Waals surface area contributed by atoms with Gasteiger partial charge < -0.3 is 14.5 Å². The molecule has 176 valence electrons. The SMILES string of the molecule is C=CCN(CC(=O)N1CCc2sccc2C1c1ccc(Cl)cc1)C(=O)COc1ccc(Cl)cc1. The van der Waals surface area contributed by atoms with E-state index in [2.05, 4.69) is 18.0 Å². The molecule has 2 aromatic carbocycles. The summed E-state index contributed by atoms with van der Waals surface area (Å²) in [7, 11) is 0. The first-order valence-electron chi connectivity index (χ1n) is 10.8. The van der Waals surface area contributed by atoms with Crippen molar-refractivity contribution < 1.29 is 14.3 Å². The van der Waals surface area contributed by atoms with Crippen LogP contribution in [0, 0.1) is 0 Å². The van der Waals surface area contributed by atoms with E-state index in [0.717, 1.165) is 17.5 Å². The van der Waals surface area contributed by atoms with Crippen molar-refractivity contribution in [3.8, 4) is 5.75 Å². The highest BCUT2D eigenvalue weighted by atomic mass is 35.5. The van der Waals surface area contributed by atoms with Gasteiger partial charge in [0.2, 0.25) is 5.91 Å². The Morgan fingerprint density at radius 3 is 2.44 bits per heavy atom. The molecule has 0 N–H and O–H groups in total. The summed E-state index contributed by atoms with van der Waals surface area (Å²) in [6.45, 7) is 4.33. The highest BCUT2D eigenvalue weighted by Gasteiger charge is 2.33. The van der Waals surface area contributed by atoms with Gasteiger partial charge in [-0.25, -0.2) is 0 Å². The van der Waals surface area contributed by atoms with Crippen molar-refractivity contribution in [2.45, 2.75) is 12.5 Å². The fraction of sp³-hybridized carbons (Fsp3) is 0.231. The minimum absolute atomic E-state index is 0.0572. The molecule has 1 aliphatic heterocycles. The number of hydrogen-bond donors (Lipinski definition) is 0. The number of rotatable bonds is 8. The summed E-state index contributed by atoms with van der Waals surface area (Å²) in [6, 6.07) is 16.2. The van der Waals surface area contributed by atoms with Gasteiger partial charge in [0.05, 0.1) is 6.04 Å². The molecule has 0 saturated heterocycles. The number of ether oxygens (including phenoxy) is 1. The third-order valence-electron chi connectivity index (χ3n) is 5.68. The van der Waals surface area contributed by atoms with E-state index in [4.69, 9.17) is 27.9 Å². The zero-order valence-corrected chi connectivity index (χ0v) is 20.8. The molecule has 0 radical (unpaired) electrons. The van der Waals surface area contributed by atoms with E-state index in [9.17, 15) is 9.59 Å². The fourth-order valence-electron chi connectivity index (χ4n) is 4.02. The molecule has 5 nitrogen and oxygen atoms in total. The minimum Gasteiger partial charge on any atom is -0.484 e. The second kappa shape index (κ2) is 11.1. The molecule has 1 unspecified atom stereocenters. The molecule has 2 amide bonds. The first-order chi connectivity index (χ1) is 16.5. The molecule has 3 aromatic rings. The Morgan fingerprint density at radius 1 is 1.09 bits per heavy atom. The van der Waals surface area contributed by atoms with Crippen LogP contribution in [0.25, 0.3) is 0 Å². The standard InChI is InChI=1S/C26H24Cl2N2O3S/c1-2-13-29(25(32)17-33-21-9-7-20(28)8-10-21)16-24(31)30-14-11-23-22(12-15-34-23)26(30)18-3-5-19(27)6-4-18/h2-10,12,15,26H,1,11,13-14,16-17H2. The second-order valence-corrected chi connectivity index (χ2v) is 9.77. The Kier molecular flexibility index (Phi) is 7.93. The molecule has 0 fully saturated rings. The fourth-order valence-corrected chi connectivity index (χ4v) is 5.18. The molecule has 1 atom stereocenters. The van der Waals surface area contributed by atoms with Crippen molar-refractivity contribution in [1.82, 2.24) is 9.80 Å². The predicted octanol–water partition coefficient (Wildman–Crippen LogP) is 5.62. The average molecular weight is 515 g/mol. The van der Waals surface area contributed by atoms with Gasteiger partial charge in [0.1, 0.15) is 12.3 Å². The Bertz CT molecular complexity index is 1160. The molecule has 34 heavy (non-hydrogen) atoms. The third kappa shape index (κ3) is 5.63. The Balaban J connectivity index is 1.49. The maximum atomic E-state index is 13.5. The Hall–Kier alpha value is -2.80. The molecular weight excluding hydrogens is 491 g/mol. The summed E-state index contributed by atoms with van der Waals surface area (Å²) in [4.78, 5) is 31.0. The lowest BCUT2D eigenvalue weighted by molar-refractivity contribution is -0.142. The third-order valence-corrected chi connectivity index (χ3v) is 7.18. The molecular formula is C26H24Cl2N2O3S. The quantitative estimate of drug-likeness (QED) is 0.366. The van der Waals surface area contributed by atoms with E-state index < -0.39 is 0 Å². The monoisotopic (exact) mass is 514 g/mol. The van der Waals surface area contributed by atoms with Crippen LogP contribution in [-0.4, -0.2) is 47.9 Å². The van der Waals surface area contributed by atoms with Gasteiger partial charge in [-0.05, 0) is 65.4 Å². The van der Waals surface area contributed by atoms with Gasteiger partial charge in [0, 0.05) is 28.0 Å². The number of hydrogen-bond acceptors (Lipinski definition) is 4. The van der Waals surface area contributed by atoms with Gasteiger partial charge in [0.25, 0.3) is 5.91 Å². The van der Waals surface area contributed by atoms with Crippen LogP contribution in [0.5, 0.6) is 5.75 Å². The zero-order chi connectivity index (χ0) is 24.1. The number of fused-ring (bicyclic) bond motifs is 1. The van der Waals surface area contributed by atoms with Crippen LogP contribution in [0.1, 0.15) is 22.0 Å². The second-order valence-electron chi connectivity index (χ2n) is 7.90. The molecule has 2 heterocycles. The highest BCUT2D eigenvalue weighted by Crippen LogP contribution is 2.38. The van der Waals surface area contributed by atoms with Gasteiger partial charge in [-0.2, -0.15) is 0 Å². The number of carbonyl (C=O) groups excluding carboxylic acids is 2. The topological polar surface area (TPSA) is 49.9 Å². The number of benzene rings is 2. The Morgan fingerprint density at radius 2 is 1.76 bits per heavy atom. The summed E-state index contributed by atoms with van der Waals surface area (Å²) in [6.07, 6.45) is 2.40. The molecule has 0 bridgehead atoms. The summed E-state index contributed by atoms with van der Waals surface area (Å²) >= 11 is 13.7. The van der Waals surface area contributed by atoms with Crippen LogP contribution in [0.15, 0.2) is 72.6 Å². The van der Waals surface area contributed by atoms with Crippen molar-refractivity contribution >= 4 is 46.4 Å². The zero-order valence-electron chi connectivity index (χ0n) is 18.5. The van der Waals surface area contributed by atoms with Gasteiger partial charge >= 0.3 is 0 Å². The number of nitrogens with zero attached hydrogens (tertiary/aromatic N) is 2. The Labute approximate surface area is 213 Å². The molecule has 1 aliphatic rings. The number of thiophene rings is 1. The van der Waals surface area contributed by atoms with E-state index in [-0.39, 0.29) is 37.6 Å². The van der Waals surface area contributed by atoms with E-state index in [0.29, 0.717) is 22.3 Å². The average Bonchev–Trinajstić information content (AvgIpc) is 3.32. The van der Waals surface area contributed by atoms with E-state index in [1.807, 2.05) is 29.2 Å². The lowest BCUT2D eigenvalue weighted by atomic mass is 9.93. The number of halogens is 2. The van der Waals surface area contributed by atoms with E-state index in [1.165, 1.54) is 9.78 Å². The van der Waals surface area contributed by atoms with Crippen LogP contribution in [0.2, 0.25) is 10.0 Å². The largest absolute Gasteiger partial charge is 0.484 e.